The molecule has 0 aliphatic carbocycles. The highest BCUT2D eigenvalue weighted by atomic mass is 31.2. The number of phosphoric acid groups is 1. The first-order valence-corrected chi connectivity index (χ1v) is 9.11. The minimum atomic E-state index is -4.64. The van der Waals surface area contributed by atoms with Crippen molar-refractivity contribution in [3.05, 3.63) is 12.2 Å². The molecule has 0 aromatic carbocycles. The van der Waals surface area contributed by atoms with Gasteiger partial charge in [0.1, 0.15) is 0 Å². The summed E-state index contributed by atoms with van der Waals surface area (Å²) in [6.07, 6.45) is 18.0. The maximum absolute atomic E-state index is 8.88. The van der Waals surface area contributed by atoms with Gasteiger partial charge in [0.05, 0.1) is 0 Å². The molecule has 0 unspecified atom stereocenters. The van der Waals surface area contributed by atoms with Crippen LogP contribution >= 0.6 is 7.82 Å². The first-order valence-electron chi connectivity index (χ1n) is 7.55. The lowest BCUT2D eigenvalue weighted by Gasteiger charge is -1.98. The van der Waals surface area contributed by atoms with Crippen molar-refractivity contribution in [2.75, 3.05) is 6.54 Å². The first-order chi connectivity index (χ1) is 9.41. The Hall–Kier alpha value is -0.190. The van der Waals surface area contributed by atoms with Crippen molar-refractivity contribution >= 4 is 7.82 Å². The topological polar surface area (TPSA) is 104 Å². The van der Waals surface area contributed by atoms with Crippen LogP contribution in [0.25, 0.3) is 0 Å². The molecule has 0 aliphatic heterocycles. The molecule has 6 heteroatoms. The fraction of sp³-hybridized carbons (Fsp3) is 0.857. The zero-order valence-electron chi connectivity index (χ0n) is 12.7. The highest BCUT2D eigenvalue weighted by Crippen LogP contribution is 2.25. The molecule has 5 N–H and O–H groups in total. The Balaban J connectivity index is 0. The lowest BCUT2D eigenvalue weighted by Crippen LogP contribution is -1.97. The van der Waals surface area contributed by atoms with Gasteiger partial charge in [-0.3, -0.25) is 0 Å². The number of unbranched alkanes of at least 4 members (excludes halogenated alkanes) is 8. The monoisotopic (exact) mass is 309 g/mol. The summed E-state index contributed by atoms with van der Waals surface area (Å²) in [6.45, 7) is 3.11. The Labute approximate surface area is 123 Å². The largest absolute Gasteiger partial charge is 0.466 e. The van der Waals surface area contributed by atoms with Gasteiger partial charge in [-0.1, -0.05) is 57.6 Å². The van der Waals surface area contributed by atoms with Crippen molar-refractivity contribution in [2.45, 2.75) is 71.1 Å². The second kappa shape index (κ2) is 16.9. The molecule has 0 bridgehead atoms. The van der Waals surface area contributed by atoms with E-state index < -0.39 is 7.82 Å². The van der Waals surface area contributed by atoms with E-state index in [9.17, 15) is 0 Å². The van der Waals surface area contributed by atoms with Crippen molar-refractivity contribution in [1.82, 2.24) is 0 Å². The average Bonchev–Trinajstić information content (AvgIpc) is 2.34. The number of rotatable bonds is 11. The van der Waals surface area contributed by atoms with Gasteiger partial charge in [-0.15, -0.1) is 0 Å². The Morgan fingerprint density at radius 1 is 0.850 bits per heavy atom. The Morgan fingerprint density at radius 2 is 1.25 bits per heavy atom. The van der Waals surface area contributed by atoms with E-state index in [0.717, 1.165) is 6.54 Å². The van der Waals surface area contributed by atoms with Crippen LogP contribution in [-0.2, 0) is 4.57 Å². The second-order valence-corrected chi connectivity index (χ2v) is 5.85. The van der Waals surface area contributed by atoms with Gasteiger partial charge < -0.3 is 20.4 Å². The van der Waals surface area contributed by atoms with Gasteiger partial charge >= 0.3 is 7.82 Å². The van der Waals surface area contributed by atoms with Crippen LogP contribution in [0.5, 0.6) is 0 Å². The van der Waals surface area contributed by atoms with E-state index in [1.54, 1.807) is 0 Å². The molecule has 0 saturated carbocycles. The summed E-state index contributed by atoms with van der Waals surface area (Å²) in [5.41, 5.74) is 5.44. The summed E-state index contributed by atoms with van der Waals surface area (Å²) >= 11 is 0. The minimum Gasteiger partial charge on any atom is -0.330 e. The van der Waals surface area contributed by atoms with E-state index in [-0.39, 0.29) is 0 Å². The third-order valence-electron chi connectivity index (χ3n) is 2.72. The normalized spacial score (nSPS) is 11.4. The van der Waals surface area contributed by atoms with Gasteiger partial charge in [-0.2, -0.15) is 0 Å². The van der Waals surface area contributed by atoms with E-state index in [4.69, 9.17) is 25.0 Å². The Kier molecular flexibility index (Phi) is 18.6. The van der Waals surface area contributed by atoms with E-state index in [1.807, 2.05) is 0 Å². The molecular weight excluding hydrogens is 277 g/mol. The van der Waals surface area contributed by atoms with Crippen LogP contribution in [0.4, 0.5) is 0 Å². The summed E-state index contributed by atoms with van der Waals surface area (Å²) in [5, 5.41) is 0. The van der Waals surface area contributed by atoms with Crippen molar-refractivity contribution in [1.29, 1.82) is 0 Å². The maximum Gasteiger partial charge on any atom is 0.466 e. The molecule has 0 amide bonds. The molecule has 0 radical (unpaired) electrons. The molecule has 0 atom stereocenters. The molecule has 0 saturated heterocycles. The Morgan fingerprint density at radius 3 is 1.70 bits per heavy atom. The van der Waals surface area contributed by atoms with Gasteiger partial charge in [-0.05, 0) is 32.2 Å². The van der Waals surface area contributed by atoms with Crippen molar-refractivity contribution in [2.24, 2.45) is 5.73 Å². The first kappa shape index (κ1) is 22.1. The molecule has 0 aromatic heterocycles. The zero-order valence-corrected chi connectivity index (χ0v) is 13.6. The van der Waals surface area contributed by atoms with Crippen LogP contribution in [0, 0.1) is 0 Å². The molecule has 0 aromatic rings. The molecule has 20 heavy (non-hydrogen) atoms. The number of allylic oxidation sites excluding steroid dienone is 2. The van der Waals surface area contributed by atoms with Crippen LogP contribution < -0.4 is 5.73 Å². The molecular formula is C14H32NO4P. The standard InChI is InChI=1S/C14H29N.H3O4P/c1-2-3-4-5-6-7-8-9-10-11-12-13-14-15;1-5(2,3)4/h5-6H,2-4,7-15H2,1H3;(H3,1,2,3,4)/b6-5-;. The van der Waals surface area contributed by atoms with E-state index in [0.29, 0.717) is 0 Å². The fourth-order valence-corrected chi connectivity index (χ4v) is 1.67. The summed E-state index contributed by atoms with van der Waals surface area (Å²) in [6, 6.07) is 0. The van der Waals surface area contributed by atoms with Gasteiger partial charge in [0, 0.05) is 0 Å². The highest BCUT2D eigenvalue weighted by molar-refractivity contribution is 7.45. The van der Waals surface area contributed by atoms with Gasteiger partial charge in [0.25, 0.3) is 0 Å². The van der Waals surface area contributed by atoms with Crippen LogP contribution in [0.3, 0.4) is 0 Å². The summed E-state index contributed by atoms with van der Waals surface area (Å²) in [4.78, 5) is 21.6. The molecule has 0 fully saturated rings. The van der Waals surface area contributed by atoms with Crippen molar-refractivity contribution in [3.8, 4) is 0 Å². The lowest BCUT2D eigenvalue weighted by atomic mass is 10.1. The van der Waals surface area contributed by atoms with E-state index in [1.165, 1.54) is 64.2 Å². The molecule has 0 aliphatic rings. The quantitative estimate of drug-likeness (QED) is 0.266. The van der Waals surface area contributed by atoms with Gasteiger partial charge in [0.15, 0.2) is 0 Å². The summed E-state index contributed by atoms with van der Waals surface area (Å²) in [7, 11) is -4.64. The molecule has 5 nitrogen and oxygen atoms in total. The lowest BCUT2D eigenvalue weighted by molar-refractivity contribution is 0.275. The third kappa shape index (κ3) is 36.1. The van der Waals surface area contributed by atoms with Gasteiger partial charge in [0.2, 0.25) is 0 Å². The number of hydrogen-bond donors (Lipinski definition) is 4. The van der Waals surface area contributed by atoms with Gasteiger partial charge in [-0.25, -0.2) is 4.57 Å². The highest BCUT2D eigenvalue weighted by Gasteiger charge is 2.00. The maximum atomic E-state index is 8.88. The smallest absolute Gasteiger partial charge is 0.330 e. The van der Waals surface area contributed by atoms with Crippen LogP contribution in [0.15, 0.2) is 12.2 Å². The predicted octanol–water partition coefficient (Wildman–Crippen LogP) is 3.49. The van der Waals surface area contributed by atoms with Crippen LogP contribution in [0.2, 0.25) is 0 Å². The average molecular weight is 309 g/mol. The molecule has 0 spiro atoms. The SMILES string of the molecule is CCCC/C=C\CCCCCCCCN.O=P(O)(O)O. The van der Waals surface area contributed by atoms with E-state index in [2.05, 4.69) is 19.1 Å². The number of hydrogen-bond acceptors (Lipinski definition) is 2. The van der Waals surface area contributed by atoms with Crippen molar-refractivity contribution in [3.63, 3.8) is 0 Å². The molecule has 0 rings (SSSR count). The number of nitrogens with two attached hydrogens (primary N) is 1. The van der Waals surface area contributed by atoms with Crippen LogP contribution in [0.1, 0.15) is 71.1 Å². The summed E-state index contributed by atoms with van der Waals surface area (Å²) < 4.78 is 8.88. The van der Waals surface area contributed by atoms with Crippen molar-refractivity contribution < 1.29 is 19.2 Å². The third-order valence-corrected chi connectivity index (χ3v) is 2.72. The summed E-state index contributed by atoms with van der Waals surface area (Å²) in [5.74, 6) is 0. The zero-order chi connectivity index (χ0) is 15.7. The fourth-order valence-electron chi connectivity index (χ4n) is 1.67. The molecule has 0 heterocycles. The second-order valence-electron chi connectivity index (χ2n) is 4.83. The molecule has 122 valence electrons. The minimum absolute atomic E-state index is 0.861. The predicted molar refractivity (Wildman–Crippen MR) is 84.3 cm³/mol. The Bertz CT molecular complexity index is 245. The van der Waals surface area contributed by atoms with Crippen LogP contribution in [-0.4, -0.2) is 21.2 Å². The van der Waals surface area contributed by atoms with E-state index >= 15 is 0 Å².